The van der Waals surface area contributed by atoms with Gasteiger partial charge in [0.1, 0.15) is 0 Å². The van der Waals surface area contributed by atoms with Crippen molar-refractivity contribution in [1.82, 2.24) is 9.88 Å². The molecule has 88 valence electrons. The number of aromatic nitrogens is 1. The van der Waals surface area contributed by atoms with E-state index in [2.05, 4.69) is 16.8 Å². The van der Waals surface area contributed by atoms with Crippen molar-refractivity contribution < 1.29 is 0 Å². The molecule has 2 N–H and O–H groups in total. The standard InChI is InChI=1S/C12H18ClN3/c1-12(8-14)3-5-16(9-12)7-10-2-4-15-6-11(10)13/h2,4,6H,3,5,7-9,14H2,1H3. The van der Waals surface area contributed by atoms with Gasteiger partial charge >= 0.3 is 0 Å². The summed E-state index contributed by atoms with van der Waals surface area (Å²) in [4.78, 5) is 6.40. The smallest absolute Gasteiger partial charge is 0.0634 e. The normalized spacial score (nSPS) is 26.2. The van der Waals surface area contributed by atoms with E-state index in [0.717, 1.165) is 36.8 Å². The van der Waals surface area contributed by atoms with Crippen molar-refractivity contribution in [2.45, 2.75) is 19.9 Å². The van der Waals surface area contributed by atoms with Crippen LogP contribution in [0.3, 0.4) is 0 Å². The maximum atomic E-state index is 6.09. The molecule has 1 aliphatic rings. The maximum Gasteiger partial charge on any atom is 0.0634 e. The molecule has 0 aliphatic carbocycles. The van der Waals surface area contributed by atoms with Crippen LogP contribution in [-0.4, -0.2) is 29.5 Å². The molecule has 2 heterocycles. The topological polar surface area (TPSA) is 42.1 Å². The molecular weight excluding hydrogens is 222 g/mol. The molecular formula is C12H18ClN3. The summed E-state index contributed by atoms with van der Waals surface area (Å²) in [5, 5.41) is 0.754. The molecule has 0 bridgehead atoms. The highest BCUT2D eigenvalue weighted by atomic mass is 35.5. The van der Waals surface area contributed by atoms with Gasteiger partial charge in [0.2, 0.25) is 0 Å². The van der Waals surface area contributed by atoms with Crippen LogP contribution in [0.15, 0.2) is 18.5 Å². The Labute approximate surface area is 102 Å². The van der Waals surface area contributed by atoms with Gasteiger partial charge in [-0.3, -0.25) is 9.88 Å². The molecule has 2 rings (SSSR count). The summed E-state index contributed by atoms with van der Waals surface area (Å²) >= 11 is 6.09. The van der Waals surface area contributed by atoms with Crippen LogP contribution >= 0.6 is 11.6 Å². The predicted molar refractivity (Wildman–Crippen MR) is 66.3 cm³/mol. The summed E-state index contributed by atoms with van der Waals surface area (Å²) in [5.41, 5.74) is 7.22. The fourth-order valence-electron chi connectivity index (χ4n) is 2.20. The van der Waals surface area contributed by atoms with E-state index in [4.69, 9.17) is 17.3 Å². The summed E-state index contributed by atoms with van der Waals surface area (Å²) in [6, 6.07) is 1.99. The van der Waals surface area contributed by atoms with Gasteiger partial charge in [-0.2, -0.15) is 0 Å². The number of likely N-dealkylation sites (tertiary alicyclic amines) is 1. The second-order valence-corrected chi connectivity index (χ2v) is 5.35. The lowest BCUT2D eigenvalue weighted by Crippen LogP contribution is -2.31. The molecule has 0 aromatic carbocycles. The minimum absolute atomic E-state index is 0.277. The largest absolute Gasteiger partial charge is 0.330 e. The van der Waals surface area contributed by atoms with E-state index < -0.39 is 0 Å². The van der Waals surface area contributed by atoms with Crippen molar-refractivity contribution in [3.8, 4) is 0 Å². The van der Waals surface area contributed by atoms with Crippen LogP contribution in [0.25, 0.3) is 0 Å². The van der Waals surface area contributed by atoms with Crippen LogP contribution < -0.4 is 5.73 Å². The number of pyridine rings is 1. The highest BCUT2D eigenvalue weighted by Gasteiger charge is 2.32. The maximum absolute atomic E-state index is 6.09. The van der Waals surface area contributed by atoms with Gasteiger partial charge in [-0.05, 0) is 36.6 Å². The number of halogens is 1. The third-order valence-electron chi connectivity index (χ3n) is 3.38. The number of rotatable bonds is 3. The van der Waals surface area contributed by atoms with Crippen molar-refractivity contribution in [3.63, 3.8) is 0 Å². The molecule has 1 aromatic rings. The van der Waals surface area contributed by atoms with Crippen LogP contribution in [0.4, 0.5) is 0 Å². The van der Waals surface area contributed by atoms with Gasteiger partial charge in [-0.15, -0.1) is 0 Å². The molecule has 16 heavy (non-hydrogen) atoms. The molecule has 0 amide bonds. The van der Waals surface area contributed by atoms with E-state index in [1.54, 1.807) is 12.4 Å². The molecule has 1 aromatic heterocycles. The zero-order chi connectivity index (χ0) is 11.6. The van der Waals surface area contributed by atoms with Gasteiger partial charge < -0.3 is 5.73 Å². The van der Waals surface area contributed by atoms with Gasteiger partial charge in [-0.25, -0.2) is 0 Å². The first-order chi connectivity index (χ1) is 7.63. The minimum atomic E-state index is 0.277. The first-order valence-electron chi connectivity index (χ1n) is 5.64. The lowest BCUT2D eigenvalue weighted by Gasteiger charge is -2.22. The van der Waals surface area contributed by atoms with Crippen LogP contribution in [-0.2, 0) is 6.54 Å². The van der Waals surface area contributed by atoms with Gasteiger partial charge in [0.25, 0.3) is 0 Å². The average Bonchev–Trinajstić information content (AvgIpc) is 2.65. The lowest BCUT2D eigenvalue weighted by atomic mass is 9.90. The first-order valence-corrected chi connectivity index (χ1v) is 6.02. The summed E-state index contributed by atoms with van der Waals surface area (Å²) in [6.45, 7) is 6.07. The van der Waals surface area contributed by atoms with Crippen molar-refractivity contribution in [2.24, 2.45) is 11.1 Å². The fourth-order valence-corrected chi connectivity index (χ4v) is 2.38. The molecule has 1 saturated heterocycles. The number of nitrogens with two attached hydrogens (primary N) is 1. The minimum Gasteiger partial charge on any atom is -0.330 e. The predicted octanol–water partition coefficient (Wildman–Crippen LogP) is 1.91. The van der Waals surface area contributed by atoms with Crippen LogP contribution in [0.5, 0.6) is 0 Å². The molecule has 1 fully saturated rings. The lowest BCUT2D eigenvalue weighted by molar-refractivity contribution is 0.274. The highest BCUT2D eigenvalue weighted by Crippen LogP contribution is 2.30. The number of nitrogens with zero attached hydrogens (tertiary/aromatic N) is 2. The van der Waals surface area contributed by atoms with E-state index in [0.29, 0.717) is 0 Å². The van der Waals surface area contributed by atoms with Gasteiger partial charge in [0.05, 0.1) is 5.02 Å². The van der Waals surface area contributed by atoms with Gasteiger partial charge in [-0.1, -0.05) is 18.5 Å². The van der Waals surface area contributed by atoms with Crippen LogP contribution in [0.1, 0.15) is 18.9 Å². The molecule has 3 nitrogen and oxygen atoms in total. The van der Waals surface area contributed by atoms with E-state index in [9.17, 15) is 0 Å². The Morgan fingerprint density at radius 1 is 1.62 bits per heavy atom. The fraction of sp³-hybridized carbons (Fsp3) is 0.583. The SMILES string of the molecule is CC1(CN)CCN(Cc2ccncc2Cl)C1. The Kier molecular flexibility index (Phi) is 3.47. The molecule has 1 unspecified atom stereocenters. The molecule has 1 aliphatic heterocycles. The zero-order valence-electron chi connectivity index (χ0n) is 9.62. The van der Waals surface area contributed by atoms with E-state index in [1.807, 2.05) is 6.07 Å². The second kappa shape index (κ2) is 4.70. The second-order valence-electron chi connectivity index (χ2n) is 4.94. The summed E-state index contributed by atoms with van der Waals surface area (Å²) in [5.74, 6) is 0. The quantitative estimate of drug-likeness (QED) is 0.876. The van der Waals surface area contributed by atoms with Crippen molar-refractivity contribution in [3.05, 3.63) is 29.0 Å². The first kappa shape index (κ1) is 11.8. The van der Waals surface area contributed by atoms with Crippen molar-refractivity contribution in [1.29, 1.82) is 0 Å². The molecule has 1 atom stereocenters. The van der Waals surface area contributed by atoms with Gasteiger partial charge in [0.15, 0.2) is 0 Å². The Morgan fingerprint density at radius 2 is 2.44 bits per heavy atom. The van der Waals surface area contributed by atoms with E-state index >= 15 is 0 Å². The Morgan fingerprint density at radius 3 is 3.06 bits per heavy atom. The van der Waals surface area contributed by atoms with Gasteiger partial charge in [0, 0.05) is 25.5 Å². The highest BCUT2D eigenvalue weighted by molar-refractivity contribution is 6.31. The van der Waals surface area contributed by atoms with Crippen molar-refractivity contribution >= 4 is 11.6 Å². The molecule has 0 spiro atoms. The Hall–Kier alpha value is -0.640. The number of hydrogen-bond donors (Lipinski definition) is 1. The summed E-state index contributed by atoms with van der Waals surface area (Å²) in [6.07, 6.45) is 4.67. The molecule has 4 heteroatoms. The molecule has 0 saturated carbocycles. The third kappa shape index (κ3) is 2.54. The average molecular weight is 240 g/mol. The summed E-state index contributed by atoms with van der Waals surface area (Å²) < 4.78 is 0. The molecule has 0 radical (unpaired) electrons. The van der Waals surface area contributed by atoms with E-state index in [1.165, 1.54) is 6.42 Å². The zero-order valence-corrected chi connectivity index (χ0v) is 10.4. The Bertz CT molecular complexity index is 369. The third-order valence-corrected chi connectivity index (χ3v) is 3.72. The van der Waals surface area contributed by atoms with Crippen LogP contribution in [0.2, 0.25) is 5.02 Å². The Balaban J connectivity index is 2.00. The monoisotopic (exact) mass is 239 g/mol. The number of hydrogen-bond acceptors (Lipinski definition) is 3. The van der Waals surface area contributed by atoms with Crippen LogP contribution in [0, 0.1) is 5.41 Å². The van der Waals surface area contributed by atoms with Crippen molar-refractivity contribution in [2.75, 3.05) is 19.6 Å². The summed E-state index contributed by atoms with van der Waals surface area (Å²) in [7, 11) is 0. The van der Waals surface area contributed by atoms with E-state index in [-0.39, 0.29) is 5.41 Å².